The van der Waals surface area contributed by atoms with E-state index in [1.165, 1.54) is 12.1 Å². The predicted molar refractivity (Wildman–Crippen MR) is 162 cm³/mol. The number of nitrogen functional groups attached to an aromatic ring is 1. The minimum atomic E-state index is -0.227. The fraction of sp³-hybridized carbons (Fsp3) is 0.613. The van der Waals surface area contributed by atoms with Crippen LogP contribution in [-0.2, 0) is 41.4 Å². The van der Waals surface area contributed by atoms with E-state index in [0.717, 1.165) is 17.8 Å². The number of benzene rings is 1. The highest BCUT2D eigenvalue weighted by atomic mass is 19.1. The van der Waals surface area contributed by atoms with E-state index in [4.69, 9.17) is 34.2 Å². The summed E-state index contributed by atoms with van der Waals surface area (Å²) in [6.45, 7) is 10.9. The molecule has 1 aromatic heterocycles. The van der Waals surface area contributed by atoms with Crippen molar-refractivity contribution < 1.29 is 37.6 Å². The highest BCUT2D eigenvalue weighted by Gasteiger charge is 2.49. The number of aromatic nitrogens is 2. The Morgan fingerprint density at radius 1 is 1.11 bits per heavy atom. The lowest BCUT2D eigenvalue weighted by Gasteiger charge is -2.31. The Morgan fingerprint density at radius 3 is 2.43 bits per heavy atom. The smallest absolute Gasteiger partial charge is 0.243 e. The summed E-state index contributed by atoms with van der Waals surface area (Å²) in [5, 5.41) is 6.05. The molecule has 3 heterocycles. The number of hydrogen-bond acceptors (Lipinski definition) is 10. The Balaban J connectivity index is 1.08. The summed E-state index contributed by atoms with van der Waals surface area (Å²) in [6, 6.07) is 4.87. The molecule has 4 atom stereocenters. The number of nitrogens with zero attached hydrogens (tertiary/aromatic N) is 2. The number of carbonyl (C=O) groups is 1. The van der Waals surface area contributed by atoms with Crippen molar-refractivity contribution in [3.05, 3.63) is 53.6 Å². The molecule has 13 heteroatoms. The van der Waals surface area contributed by atoms with Gasteiger partial charge in [-0.2, -0.15) is 0 Å². The molecule has 2 aliphatic rings. The largest absolute Gasteiger partial charge is 0.497 e. The van der Waals surface area contributed by atoms with Gasteiger partial charge in [0.15, 0.2) is 0 Å². The van der Waals surface area contributed by atoms with Crippen molar-refractivity contribution in [3.63, 3.8) is 0 Å². The zero-order valence-corrected chi connectivity index (χ0v) is 25.7. The van der Waals surface area contributed by atoms with E-state index in [9.17, 15) is 9.18 Å². The lowest BCUT2D eigenvalue weighted by atomic mass is 9.82. The topological polar surface area (TPSA) is 144 Å². The molecule has 2 aliphatic heterocycles. The summed E-state index contributed by atoms with van der Waals surface area (Å²) in [5.41, 5.74) is 8.94. The number of carbonyl (C=O) groups excluding carboxylic acids is 1. The standard InChI is InChI=1S/C31H46FN5O7/c1-4-27(38)34-7-9-40-11-13-42-15-16-43-14-12-41-10-8-35-30-29(44-30)25-18-22(20-37-28(25)21(2)36-31(37)33)17-23-19-24(39-3)5-6-26(23)32/h4-6,19,22,25,29-30,35H,1,7-18,20H2,2-3H3,(H2,33,36)(H,34,38)/t22-,25+,29?,30?/m1/s1. The number of nitrogens with one attached hydrogen (secondary N) is 2. The minimum Gasteiger partial charge on any atom is -0.497 e. The van der Waals surface area contributed by atoms with Crippen LogP contribution in [0, 0.1) is 18.7 Å². The van der Waals surface area contributed by atoms with E-state index in [-0.39, 0.29) is 35.9 Å². The molecule has 0 spiro atoms. The maximum absolute atomic E-state index is 14.6. The van der Waals surface area contributed by atoms with E-state index in [2.05, 4.69) is 26.8 Å². The molecular formula is C31H46FN5O7. The normalized spacial score (nSPS) is 20.7. The van der Waals surface area contributed by atoms with E-state index in [1.54, 1.807) is 19.2 Å². The summed E-state index contributed by atoms with van der Waals surface area (Å²) in [6.07, 6.45) is 2.57. The molecule has 0 saturated carbocycles. The Kier molecular flexibility index (Phi) is 13.4. The zero-order chi connectivity index (χ0) is 31.3. The number of methoxy groups -OCH3 is 1. The first-order chi connectivity index (χ1) is 21.4. The molecule has 12 nitrogen and oxygen atoms in total. The molecule has 244 valence electrons. The van der Waals surface area contributed by atoms with Crippen LogP contribution in [0.2, 0.25) is 0 Å². The average Bonchev–Trinajstić information content (AvgIpc) is 3.74. The van der Waals surface area contributed by atoms with E-state index in [0.29, 0.717) is 96.2 Å². The molecule has 4 rings (SSSR count). The van der Waals surface area contributed by atoms with Crippen LogP contribution >= 0.6 is 0 Å². The zero-order valence-electron chi connectivity index (χ0n) is 25.7. The molecule has 44 heavy (non-hydrogen) atoms. The molecule has 1 aromatic carbocycles. The average molecular weight is 620 g/mol. The van der Waals surface area contributed by atoms with Gasteiger partial charge >= 0.3 is 0 Å². The van der Waals surface area contributed by atoms with Crippen molar-refractivity contribution in [1.29, 1.82) is 0 Å². The summed E-state index contributed by atoms with van der Waals surface area (Å²) >= 11 is 0. The van der Waals surface area contributed by atoms with Gasteiger partial charge in [0.1, 0.15) is 23.9 Å². The first-order valence-corrected chi connectivity index (χ1v) is 15.2. The van der Waals surface area contributed by atoms with Crippen LogP contribution < -0.4 is 21.1 Å². The van der Waals surface area contributed by atoms with Gasteiger partial charge < -0.3 is 44.0 Å². The Labute approximate surface area is 258 Å². The number of epoxide rings is 1. The maximum atomic E-state index is 14.6. The molecule has 0 radical (unpaired) electrons. The number of ether oxygens (including phenoxy) is 6. The third kappa shape index (κ3) is 9.98. The highest BCUT2D eigenvalue weighted by molar-refractivity contribution is 5.86. The van der Waals surface area contributed by atoms with Gasteiger partial charge in [-0.1, -0.05) is 6.58 Å². The lowest BCUT2D eigenvalue weighted by molar-refractivity contribution is -0.116. The van der Waals surface area contributed by atoms with Crippen LogP contribution in [0.25, 0.3) is 0 Å². The maximum Gasteiger partial charge on any atom is 0.243 e. The molecule has 0 bridgehead atoms. The van der Waals surface area contributed by atoms with Gasteiger partial charge in [0, 0.05) is 31.2 Å². The molecular weight excluding hydrogens is 573 g/mol. The van der Waals surface area contributed by atoms with E-state index < -0.39 is 0 Å². The van der Waals surface area contributed by atoms with Gasteiger partial charge in [-0.3, -0.25) is 10.1 Å². The molecule has 1 fully saturated rings. The first-order valence-electron chi connectivity index (χ1n) is 15.2. The number of anilines is 1. The summed E-state index contributed by atoms with van der Waals surface area (Å²) < 4.78 is 50.1. The number of halogens is 1. The molecule has 1 amide bonds. The molecule has 2 unspecified atom stereocenters. The Bertz CT molecular complexity index is 1210. The molecule has 4 N–H and O–H groups in total. The van der Waals surface area contributed by atoms with Crippen molar-refractivity contribution in [1.82, 2.24) is 20.2 Å². The summed E-state index contributed by atoms with van der Waals surface area (Å²) in [4.78, 5) is 15.5. The first kappa shape index (κ1) is 33.8. The molecule has 1 saturated heterocycles. The van der Waals surface area contributed by atoms with Crippen molar-refractivity contribution >= 4 is 11.9 Å². The third-order valence-corrected chi connectivity index (χ3v) is 7.72. The molecule has 0 aliphatic carbocycles. The van der Waals surface area contributed by atoms with Crippen LogP contribution in [0.1, 0.15) is 29.3 Å². The third-order valence-electron chi connectivity index (χ3n) is 7.72. The fourth-order valence-electron chi connectivity index (χ4n) is 5.60. The van der Waals surface area contributed by atoms with Crippen molar-refractivity contribution in [2.75, 3.05) is 78.8 Å². The van der Waals surface area contributed by atoms with Gasteiger partial charge in [-0.15, -0.1) is 0 Å². The lowest BCUT2D eigenvalue weighted by Crippen LogP contribution is -2.32. The number of imidazole rings is 1. The van der Waals surface area contributed by atoms with E-state index >= 15 is 0 Å². The second-order valence-corrected chi connectivity index (χ2v) is 10.8. The van der Waals surface area contributed by atoms with Crippen molar-refractivity contribution in [3.8, 4) is 5.75 Å². The summed E-state index contributed by atoms with van der Waals surface area (Å²) in [7, 11) is 1.59. The Morgan fingerprint density at radius 2 is 1.77 bits per heavy atom. The summed E-state index contributed by atoms with van der Waals surface area (Å²) in [5.74, 6) is 0.983. The van der Waals surface area contributed by atoms with Crippen LogP contribution in [-0.4, -0.2) is 101 Å². The predicted octanol–water partition coefficient (Wildman–Crippen LogP) is 1.95. The number of aryl methyl sites for hydroxylation is 1. The fourth-order valence-corrected chi connectivity index (χ4v) is 5.60. The second kappa shape index (κ2) is 17.4. The van der Waals surface area contributed by atoms with Gasteiger partial charge in [0.05, 0.1) is 65.7 Å². The second-order valence-electron chi connectivity index (χ2n) is 10.8. The minimum absolute atomic E-state index is 0.00614. The SMILES string of the molecule is C=CC(=O)NCCOCCOCCOCCOCCNC1OC1[C@H]1C[C@@H](Cc2cc(OC)ccc2F)Cn2c(N)nc(C)c21. The van der Waals surface area contributed by atoms with Gasteiger partial charge in [0.2, 0.25) is 11.9 Å². The van der Waals surface area contributed by atoms with Gasteiger partial charge in [0.25, 0.3) is 0 Å². The molecule has 2 aromatic rings. The monoisotopic (exact) mass is 619 g/mol. The van der Waals surface area contributed by atoms with Gasteiger partial charge in [-0.25, -0.2) is 9.37 Å². The van der Waals surface area contributed by atoms with Crippen molar-refractivity contribution in [2.24, 2.45) is 5.92 Å². The quantitative estimate of drug-likeness (QED) is 0.108. The highest BCUT2D eigenvalue weighted by Crippen LogP contribution is 2.45. The van der Waals surface area contributed by atoms with Crippen LogP contribution in [0.3, 0.4) is 0 Å². The van der Waals surface area contributed by atoms with E-state index in [1.807, 2.05) is 6.92 Å². The van der Waals surface area contributed by atoms with Crippen molar-refractivity contribution in [2.45, 2.75) is 44.6 Å². The number of amides is 1. The van der Waals surface area contributed by atoms with Crippen LogP contribution in [0.4, 0.5) is 10.3 Å². The number of nitrogens with two attached hydrogens (primary N) is 1. The Hall–Kier alpha value is -3.07. The number of rotatable bonds is 21. The van der Waals surface area contributed by atoms with Gasteiger partial charge in [-0.05, 0) is 55.5 Å². The number of hydrogen-bond donors (Lipinski definition) is 3. The van der Waals surface area contributed by atoms with Crippen LogP contribution in [0.5, 0.6) is 5.75 Å². The number of fused-ring (bicyclic) bond motifs is 1. The van der Waals surface area contributed by atoms with Crippen LogP contribution in [0.15, 0.2) is 30.9 Å².